The topological polar surface area (TPSA) is 217 Å². The maximum Gasteiger partial charge on any atom is 0.306 e. The first-order valence-corrected chi connectivity index (χ1v) is 13.2. The van der Waals surface area contributed by atoms with Crippen LogP contribution in [0.3, 0.4) is 0 Å². The van der Waals surface area contributed by atoms with Crippen molar-refractivity contribution >= 4 is 16.9 Å². The number of phenolic OH excluding ortho intramolecular Hbond substituents is 4. The van der Waals surface area contributed by atoms with Crippen LogP contribution in [-0.4, -0.2) is 79.0 Å². The number of rotatable bonds is 8. The first-order chi connectivity index (χ1) is 20.9. The van der Waals surface area contributed by atoms with Crippen LogP contribution in [-0.2, 0) is 20.7 Å². The van der Waals surface area contributed by atoms with Crippen LogP contribution in [0.4, 0.5) is 4.39 Å². The lowest BCUT2D eigenvalue weighted by molar-refractivity contribution is -0.278. The largest absolute Gasteiger partial charge is 0.508 e. The molecule has 0 saturated carbocycles. The summed E-state index contributed by atoms with van der Waals surface area (Å²) in [4.78, 5) is 25.9. The zero-order valence-corrected chi connectivity index (χ0v) is 22.7. The maximum absolute atomic E-state index is 13.6. The van der Waals surface area contributed by atoms with E-state index in [2.05, 4.69) is 0 Å². The molecule has 1 aliphatic heterocycles. The molecular weight excluding hydrogens is 587 g/mol. The van der Waals surface area contributed by atoms with Crippen molar-refractivity contribution in [2.75, 3.05) is 6.61 Å². The Kier molecular flexibility index (Phi) is 8.60. The summed E-state index contributed by atoms with van der Waals surface area (Å²) < 4.78 is 35.3. The summed E-state index contributed by atoms with van der Waals surface area (Å²) in [5.74, 6) is -4.39. The van der Waals surface area contributed by atoms with Gasteiger partial charge in [-0.25, -0.2) is 4.39 Å². The number of hydrogen-bond donors (Lipinski definition) is 7. The molecule has 5 atom stereocenters. The molecule has 2 heterocycles. The van der Waals surface area contributed by atoms with Gasteiger partial charge in [0.05, 0.1) is 0 Å². The Morgan fingerprint density at radius 1 is 0.864 bits per heavy atom. The fraction of sp³-hybridized carbons (Fsp3) is 0.267. The molecule has 0 spiro atoms. The summed E-state index contributed by atoms with van der Waals surface area (Å²) in [6.07, 6.45) is -8.75. The first kappa shape index (κ1) is 30.6. The quantitative estimate of drug-likeness (QED) is 0.111. The fourth-order valence-electron chi connectivity index (χ4n) is 4.64. The number of carbonyl (C=O) groups is 1. The van der Waals surface area contributed by atoms with Crippen molar-refractivity contribution in [3.05, 3.63) is 76.2 Å². The molecule has 7 N–H and O–H groups in total. The molecule has 3 aromatic carbocycles. The molecule has 0 aliphatic carbocycles. The molecule has 0 amide bonds. The minimum atomic E-state index is -1.94. The van der Waals surface area contributed by atoms with E-state index in [0.717, 1.165) is 24.3 Å². The summed E-state index contributed by atoms with van der Waals surface area (Å²) in [5.41, 5.74) is -0.632. The standard InChI is InChI=1S/C30H27FO13/c31-15-5-1-13(2-6-15)3-8-22(36)41-12-21-24(37)26(39)27(40)30(43-21)44-29-25(38)23-19(35)10-16(32)11-20(23)42-28(29)14-4-7-17(33)18(34)9-14/h1-2,4-7,9-11,21,24,26-27,30,32-35,37,39-40H,3,8,12H2/t21-,24+,26+,27-,30+/m1/s1. The number of aliphatic hydroxyl groups is 3. The van der Waals surface area contributed by atoms with Crippen molar-refractivity contribution < 1.29 is 63.6 Å². The van der Waals surface area contributed by atoms with Gasteiger partial charge in [0.15, 0.2) is 17.3 Å². The minimum Gasteiger partial charge on any atom is -0.508 e. The van der Waals surface area contributed by atoms with Gasteiger partial charge in [-0.15, -0.1) is 0 Å². The molecular formula is C30H27FO13. The van der Waals surface area contributed by atoms with Crippen LogP contribution in [0, 0.1) is 5.82 Å². The minimum absolute atomic E-state index is 0.0188. The van der Waals surface area contributed by atoms with Gasteiger partial charge >= 0.3 is 5.97 Å². The van der Waals surface area contributed by atoms with Crippen molar-refractivity contribution in [2.24, 2.45) is 0 Å². The van der Waals surface area contributed by atoms with Crippen LogP contribution in [0.2, 0.25) is 0 Å². The van der Waals surface area contributed by atoms with Crippen LogP contribution in [0.5, 0.6) is 28.7 Å². The van der Waals surface area contributed by atoms with Gasteiger partial charge in [0, 0.05) is 24.1 Å². The van der Waals surface area contributed by atoms with Gasteiger partial charge in [0.1, 0.15) is 59.3 Å². The number of fused-ring (bicyclic) bond motifs is 1. The number of aromatic hydroxyl groups is 4. The highest BCUT2D eigenvalue weighted by Crippen LogP contribution is 2.39. The van der Waals surface area contributed by atoms with Gasteiger partial charge in [-0.05, 0) is 42.3 Å². The van der Waals surface area contributed by atoms with Gasteiger partial charge in [-0.3, -0.25) is 9.59 Å². The zero-order valence-electron chi connectivity index (χ0n) is 22.7. The van der Waals surface area contributed by atoms with E-state index in [1.54, 1.807) is 0 Å². The van der Waals surface area contributed by atoms with E-state index < -0.39 is 88.7 Å². The lowest BCUT2D eigenvalue weighted by Crippen LogP contribution is -2.60. The third-order valence-corrected chi connectivity index (χ3v) is 7.00. The van der Waals surface area contributed by atoms with E-state index in [1.807, 2.05) is 0 Å². The summed E-state index contributed by atoms with van der Waals surface area (Å²) in [7, 11) is 0. The van der Waals surface area contributed by atoms with Crippen molar-refractivity contribution in [3.63, 3.8) is 0 Å². The summed E-state index contributed by atoms with van der Waals surface area (Å²) in [6.45, 7) is -0.585. The molecule has 0 unspecified atom stereocenters. The SMILES string of the molecule is O=C(CCc1ccc(F)cc1)OC[C@H]1O[C@@H](Oc2c(-c3ccc(O)c(O)c3)oc3cc(O)cc(O)c3c2=O)[C@H](O)[C@@H](O)[C@H]1O. The predicted octanol–water partition coefficient (Wildman–Crippen LogP) is 1.78. The lowest BCUT2D eigenvalue weighted by Gasteiger charge is -2.39. The number of hydrogen-bond acceptors (Lipinski definition) is 13. The Bertz CT molecular complexity index is 1740. The Labute approximate surface area is 247 Å². The van der Waals surface area contributed by atoms with Crippen LogP contribution >= 0.6 is 0 Å². The van der Waals surface area contributed by atoms with Crippen LogP contribution in [0.25, 0.3) is 22.3 Å². The molecule has 44 heavy (non-hydrogen) atoms. The molecule has 1 aromatic heterocycles. The number of ether oxygens (including phenoxy) is 3. The maximum atomic E-state index is 13.6. The lowest BCUT2D eigenvalue weighted by atomic mass is 9.99. The second kappa shape index (κ2) is 12.4. The van der Waals surface area contributed by atoms with E-state index in [0.29, 0.717) is 5.56 Å². The second-order valence-corrected chi connectivity index (χ2v) is 10.1. The van der Waals surface area contributed by atoms with E-state index >= 15 is 0 Å². The number of phenols is 4. The number of aryl methyl sites for hydroxylation is 1. The number of esters is 1. The van der Waals surface area contributed by atoms with Crippen molar-refractivity contribution in [3.8, 4) is 40.1 Å². The smallest absolute Gasteiger partial charge is 0.306 e. The normalized spacial score (nSPS) is 21.7. The Balaban J connectivity index is 1.41. The molecule has 0 bridgehead atoms. The van der Waals surface area contributed by atoms with E-state index in [1.165, 1.54) is 30.3 Å². The monoisotopic (exact) mass is 614 g/mol. The van der Waals surface area contributed by atoms with Crippen LogP contribution in [0.15, 0.2) is 63.8 Å². The summed E-state index contributed by atoms with van der Waals surface area (Å²) in [5, 5.41) is 71.2. The van der Waals surface area contributed by atoms with Crippen LogP contribution < -0.4 is 10.2 Å². The highest BCUT2D eigenvalue weighted by atomic mass is 19.1. The third-order valence-electron chi connectivity index (χ3n) is 7.00. The number of benzene rings is 3. The van der Waals surface area contributed by atoms with Gasteiger partial charge in [0.25, 0.3) is 0 Å². The molecule has 1 fully saturated rings. The molecule has 4 aromatic rings. The zero-order chi connectivity index (χ0) is 31.7. The Morgan fingerprint density at radius 3 is 2.30 bits per heavy atom. The average Bonchev–Trinajstić information content (AvgIpc) is 2.98. The van der Waals surface area contributed by atoms with Crippen LogP contribution in [0.1, 0.15) is 12.0 Å². The molecule has 14 heteroatoms. The Hall–Kier alpha value is -4.89. The Morgan fingerprint density at radius 2 is 1.59 bits per heavy atom. The molecule has 13 nitrogen and oxygen atoms in total. The number of aliphatic hydroxyl groups excluding tert-OH is 3. The number of halogens is 1. The van der Waals surface area contributed by atoms with E-state index in [-0.39, 0.29) is 29.7 Å². The van der Waals surface area contributed by atoms with Crippen molar-refractivity contribution in [1.29, 1.82) is 0 Å². The van der Waals surface area contributed by atoms with Gasteiger partial charge in [0.2, 0.25) is 17.5 Å². The van der Waals surface area contributed by atoms with Gasteiger partial charge < -0.3 is 54.4 Å². The van der Waals surface area contributed by atoms with Gasteiger partial charge in [-0.1, -0.05) is 12.1 Å². The molecule has 1 saturated heterocycles. The van der Waals surface area contributed by atoms with Crippen molar-refractivity contribution in [2.45, 2.75) is 43.5 Å². The molecule has 0 radical (unpaired) electrons. The second-order valence-electron chi connectivity index (χ2n) is 10.1. The summed E-state index contributed by atoms with van der Waals surface area (Å²) >= 11 is 0. The highest BCUT2D eigenvalue weighted by Gasteiger charge is 2.46. The summed E-state index contributed by atoms with van der Waals surface area (Å²) in [6, 6.07) is 10.8. The third kappa shape index (κ3) is 6.23. The first-order valence-electron chi connectivity index (χ1n) is 13.2. The average molecular weight is 615 g/mol. The van der Waals surface area contributed by atoms with Crippen molar-refractivity contribution in [1.82, 2.24) is 0 Å². The fourth-order valence-corrected chi connectivity index (χ4v) is 4.64. The molecule has 232 valence electrons. The molecule has 1 aliphatic rings. The molecule has 5 rings (SSSR count). The number of carbonyl (C=O) groups excluding carboxylic acids is 1. The van der Waals surface area contributed by atoms with Gasteiger partial charge in [-0.2, -0.15) is 0 Å². The van der Waals surface area contributed by atoms with E-state index in [9.17, 15) is 49.7 Å². The van der Waals surface area contributed by atoms with E-state index in [4.69, 9.17) is 18.6 Å². The predicted molar refractivity (Wildman–Crippen MR) is 148 cm³/mol. The highest BCUT2D eigenvalue weighted by molar-refractivity contribution is 5.88.